The molecule has 2 fully saturated rings. The molecule has 0 N–H and O–H groups in total. The Morgan fingerprint density at radius 3 is 1.56 bits per heavy atom. The molecular formula is C15H29N. The van der Waals surface area contributed by atoms with Crippen LogP contribution in [0.1, 0.15) is 67.2 Å². The van der Waals surface area contributed by atoms with Gasteiger partial charge in [0.1, 0.15) is 0 Å². The Bertz CT molecular complexity index is 242. The third-order valence-electron chi connectivity index (χ3n) is 4.73. The lowest BCUT2D eigenvalue weighted by molar-refractivity contribution is -0.00409. The van der Waals surface area contributed by atoms with Crippen LogP contribution in [-0.4, -0.2) is 22.5 Å². The molecule has 2 atom stereocenters. The van der Waals surface area contributed by atoms with E-state index in [1.165, 1.54) is 25.7 Å². The summed E-state index contributed by atoms with van der Waals surface area (Å²) in [6.45, 7) is 14.4. The van der Waals surface area contributed by atoms with E-state index in [1.807, 2.05) is 0 Å². The highest BCUT2D eigenvalue weighted by atomic mass is 15.3. The molecule has 0 aromatic carbocycles. The van der Waals surface area contributed by atoms with Gasteiger partial charge in [-0.25, -0.2) is 0 Å². The van der Waals surface area contributed by atoms with Crippen LogP contribution in [0, 0.1) is 11.3 Å². The highest BCUT2D eigenvalue weighted by molar-refractivity contribution is 5.01. The molecule has 2 rings (SSSR count). The Balaban J connectivity index is 2.13. The topological polar surface area (TPSA) is 3.24 Å². The van der Waals surface area contributed by atoms with Gasteiger partial charge in [-0.05, 0) is 57.8 Å². The Kier molecular flexibility index (Phi) is 2.89. The second kappa shape index (κ2) is 3.73. The molecule has 0 spiro atoms. The van der Waals surface area contributed by atoms with E-state index in [4.69, 9.17) is 0 Å². The molecule has 94 valence electrons. The molecule has 0 amide bonds. The van der Waals surface area contributed by atoms with Crippen molar-refractivity contribution in [3.8, 4) is 0 Å². The quantitative estimate of drug-likeness (QED) is 0.598. The van der Waals surface area contributed by atoms with Gasteiger partial charge in [0, 0.05) is 17.6 Å². The van der Waals surface area contributed by atoms with Gasteiger partial charge in [-0.2, -0.15) is 0 Å². The lowest BCUT2D eigenvalue weighted by Crippen LogP contribution is -2.54. The van der Waals surface area contributed by atoms with Crippen molar-refractivity contribution >= 4 is 0 Å². The highest BCUT2D eigenvalue weighted by Crippen LogP contribution is 2.47. The maximum absolute atomic E-state index is 2.81. The average molecular weight is 223 g/mol. The molecule has 2 saturated heterocycles. The Hall–Kier alpha value is -0.0400. The van der Waals surface area contributed by atoms with Crippen molar-refractivity contribution in [2.24, 2.45) is 11.3 Å². The maximum Gasteiger partial charge on any atom is 0.0130 e. The van der Waals surface area contributed by atoms with E-state index in [0.717, 1.165) is 18.0 Å². The van der Waals surface area contributed by atoms with Crippen LogP contribution in [0.4, 0.5) is 0 Å². The van der Waals surface area contributed by atoms with E-state index in [-0.39, 0.29) is 0 Å². The largest absolute Gasteiger partial charge is 0.293 e. The summed E-state index contributed by atoms with van der Waals surface area (Å²) in [5, 5.41) is 0. The molecule has 2 heterocycles. The van der Waals surface area contributed by atoms with Crippen LogP contribution < -0.4 is 0 Å². The average Bonchev–Trinajstić information content (AvgIpc) is 2.35. The van der Waals surface area contributed by atoms with Gasteiger partial charge in [0.15, 0.2) is 0 Å². The summed E-state index contributed by atoms with van der Waals surface area (Å²) in [5.41, 5.74) is 0.875. The van der Waals surface area contributed by atoms with Crippen molar-refractivity contribution in [3.63, 3.8) is 0 Å². The van der Waals surface area contributed by atoms with Crippen LogP contribution in [-0.2, 0) is 0 Å². The standard InChI is InChI=1S/C15H29N/c1-14(2,3)11-9-12-7-8-13(10-11)16(12)15(4,5)6/h11-13H,7-10H2,1-6H3. The first-order chi connectivity index (χ1) is 7.19. The van der Waals surface area contributed by atoms with Crippen molar-refractivity contribution in [3.05, 3.63) is 0 Å². The Morgan fingerprint density at radius 1 is 0.812 bits per heavy atom. The molecule has 0 aromatic rings. The summed E-state index contributed by atoms with van der Waals surface area (Å²) in [4.78, 5) is 2.81. The van der Waals surface area contributed by atoms with Gasteiger partial charge in [-0.1, -0.05) is 20.8 Å². The van der Waals surface area contributed by atoms with Gasteiger partial charge >= 0.3 is 0 Å². The van der Waals surface area contributed by atoms with Crippen molar-refractivity contribution in [1.82, 2.24) is 4.90 Å². The third-order valence-corrected chi connectivity index (χ3v) is 4.73. The Labute approximate surface area is 102 Å². The van der Waals surface area contributed by atoms with Crippen molar-refractivity contribution in [2.75, 3.05) is 0 Å². The summed E-state index contributed by atoms with van der Waals surface area (Å²) in [6.07, 6.45) is 5.73. The van der Waals surface area contributed by atoms with Crippen LogP contribution in [0.25, 0.3) is 0 Å². The molecule has 1 heteroatoms. The fourth-order valence-corrected chi connectivity index (χ4v) is 3.98. The number of piperidine rings is 1. The van der Waals surface area contributed by atoms with Gasteiger partial charge in [0.05, 0.1) is 0 Å². The first-order valence-electron chi connectivity index (χ1n) is 6.98. The summed E-state index contributed by atoms with van der Waals surface area (Å²) in [7, 11) is 0. The molecule has 2 aliphatic rings. The molecular weight excluding hydrogens is 194 g/mol. The highest BCUT2D eigenvalue weighted by Gasteiger charge is 2.47. The number of hydrogen-bond acceptors (Lipinski definition) is 1. The predicted molar refractivity (Wildman–Crippen MR) is 70.6 cm³/mol. The van der Waals surface area contributed by atoms with E-state index in [2.05, 4.69) is 46.4 Å². The second-order valence-electron chi connectivity index (χ2n) is 8.00. The number of rotatable bonds is 0. The fourth-order valence-electron chi connectivity index (χ4n) is 3.98. The lowest BCUT2D eigenvalue weighted by Gasteiger charge is -2.49. The number of hydrogen-bond donors (Lipinski definition) is 0. The summed E-state index contributed by atoms with van der Waals surface area (Å²) >= 11 is 0. The van der Waals surface area contributed by atoms with E-state index in [1.54, 1.807) is 0 Å². The van der Waals surface area contributed by atoms with Crippen LogP contribution in [0.15, 0.2) is 0 Å². The molecule has 16 heavy (non-hydrogen) atoms. The van der Waals surface area contributed by atoms with E-state index in [9.17, 15) is 0 Å². The van der Waals surface area contributed by atoms with Gasteiger partial charge in [-0.3, -0.25) is 4.90 Å². The Morgan fingerprint density at radius 2 is 1.25 bits per heavy atom. The normalized spacial score (nSPS) is 36.8. The van der Waals surface area contributed by atoms with Crippen molar-refractivity contribution in [1.29, 1.82) is 0 Å². The van der Waals surface area contributed by atoms with Crippen LogP contribution in [0.3, 0.4) is 0 Å². The third kappa shape index (κ3) is 2.16. The second-order valence-corrected chi connectivity index (χ2v) is 8.00. The lowest BCUT2D eigenvalue weighted by atomic mass is 9.72. The van der Waals surface area contributed by atoms with E-state index >= 15 is 0 Å². The molecule has 1 nitrogen and oxygen atoms in total. The molecule has 0 aromatic heterocycles. The minimum Gasteiger partial charge on any atom is -0.293 e. The van der Waals surface area contributed by atoms with Gasteiger partial charge in [-0.15, -0.1) is 0 Å². The van der Waals surface area contributed by atoms with Crippen LogP contribution >= 0.6 is 0 Å². The van der Waals surface area contributed by atoms with Gasteiger partial charge < -0.3 is 0 Å². The summed E-state index contributed by atoms with van der Waals surface area (Å²) in [5.74, 6) is 0.934. The predicted octanol–water partition coefficient (Wildman–Crippen LogP) is 4.07. The molecule has 2 unspecified atom stereocenters. The zero-order chi connectivity index (χ0) is 12.1. The fraction of sp³-hybridized carbons (Fsp3) is 1.00. The van der Waals surface area contributed by atoms with Crippen LogP contribution in [0.5, 0.6) is 0 Å². The molecule has 2 bridgehead atoms. The van der Waals surface area contributed by atoms with E-state index < -0.39 is 0 Å². The zero-order valence-corrected chi connectivity index (χ0v) is 12.0. The smallest absolute Gasteiger partial charge is 0.0130 e. The molecule has 0 saturated carbocycles. The molecule has 0 radical (unpaired) electrons. The van der Waals surface area contributed by atoms with Crippen molar-refractivity contribution < 1.29 is 0 Å². The monoisotopic (exact) mass is 223 g/mol. The van der Waals surface area contributed by atoms with Gasteiger partial charge in [0.2, 0.25) is 0 Å². The minimum absolute atomic E-state index is 0.370. The summed E-state index contributed by atoms with van der Waals surface area (Å²) in [6, 6.07) is 1.73. The minimum atomic E-state index is 0.370. The van der Waals surface area contributed by atoms with Gasteiger partial charge in [0.25, 0.3) is 0 Å². The first-order valence-corrected chi connectivity index (χ1v) is 6.98. The summed E-state index contributed by atoms with van der Waals surface area (Å²) < 4.78 is 0. The molecule has 2 aliphatic heterocycles. The maximum atomic E-state index is 2.81. The van der Waals surface area contributed by atoms with Crippen molar-refractivity contribution in [2.45, 2.75) is 84.8 Å². The molecule has 0 aliphatic carbocycles. The number of nitrogens with zero attached hydrogens (tertiary/aromatic N) is 1. The van der Waals surface area contributed by atoms with Crippen LogP contribution in [0.2, 0.25) is 0 Å². The zero-order valence-electron chi connectivity index (χ0n) is 12.0. The first kappa shape index (κ1) is 12.4. The SMILES string of the molecule is CC(C)(C)C1CC2CCC(C1)N2C(C)(C)C. The number of fused-ring (bicyclic) bond motifs is 2. The van der Waals surface area contributed by atoms with E-state index in [0.29, 0.717) is 11.0 Å².